The number of rotatable bonds is 3. The van der Waals surface area contributed by atoms with Gasteiger partial charge in [0.25, 0.3) is 0 Å². The molecule has 0 spiro atoms. The topological polar surface area (TPSA) is 29.0 Å². The average molecular weight is 251 g/mol. The Morgan fingerprint density at radius 2 is 2.06 bits per heavy atom. The third kappa shape index (κ3) is 2.79. The Hall–Kier alpha value is -1.49. The smallest absolute Gasteiger partial charge is 0.208 e. The molecule has 17 heavy (non-hydrogen) atoms. The first-order valence-electron chi connectivity index (χ1n) is 5.32. The molecule has 0 saturated carbocycles. The maximum atomic E-state index is 13.4. The number of nitrogens with zero attached hydrogens (tertiary/aromatic N) is 3. The van der Waals surface area contributed by atoms with Crippen LogP contribution in [0.15, 0.2) is 18.2 Å². The largest absolute Gasteiger partial charge is 0.345 e. The van der Waals surface area contributed by atoms with E-state index in [9.17, 15) is 4.39 Å². The maximum absolute atomic E-state index is 13.4. The molecule has 3 nitrogen and oxygen atoms in total. The van der Waals surface area contributed by atoms with Crippen LogP contribution in [-0.2, 0) is 6.54 Å². The second-order valence-electron chi connectivity index (χ2n) is 4.04. The lowest BCUT2D eigenvalue weighted by Crippen LogP contribution is -2.16. The summed E-state index contributed by atoms with van der Waals surface area (Å²) in [5.41, 5.74) is 1.60. The van der Waals surface area contributed by atoms with E-state index in [0.717, 1.165) is 15.7 Å². The van der Waals surface area contributed by atoms with Gasteiger partial charge in [-0.1, -0.05) is 23.5 Å². The number of aromatic nitrogens is 2. The summed E-state index contributed by atoms with van der Waals surface area (Å²) in [7, 11) is 1.93. The van der Waals surface area contributed by atoms with Gasteiger partial charge in [-0.25, -0.2) is 4.39 Å². The number of hydrogen-bond acceptors (Lipinski definition) is 4. The van der Waals surface area contributed by atoms with Crippen LogP contribution in [0.2, 0.25) is 0 Å². The van der Waals surface area contributed by atoms with E-state index in [1.807, 2.05) is 24.9 Å². The highest BCUT2D eigenvalue weighted by Crippen LogP contribution is 2.20. The molecule has 0 atom stereocenters. The average Bonchev–Trinajstić information content (AvgIpc) is 2.70. The Balaban J connectivity index is 2.12. The van der Waals surface area contributed by atoms with Gasteiger partial charge in [-0.2, -0.15) is 0 Å². The monoisotopic (exact) mass is 251 g/mol. The van der Waals surface area contributed by atoms with Crippen LogP contribution in [0.4, 0.5) is 9.52 Å². The van der Waals surface area contributed by atoms with Crippen LogP contribution in [-0.4, -0.2) is 17.2 Å². The molecule has 0 amide bonds. The molecule has 0 aliphatic rings. The molecule has 0 aliphatic heterocycles. The fourth-order valence-corrected chi connectivity index (χ4v) is 2.16. The van der Waals surface area contributed by atoms with E-state index in [2.05, 4.69) is 10.2 Å². The van der Waals surface area contributed by atoms with E-state index in [-0.39, 0.29) is 5.82 Å². The lowest BCUT2D eigenvalue weighted by atomic mass is 10.1. The van der Waals surface area contributed by atoms with Gasteiger partial charge in [-0.15, -0.1) is 10.2 Å². The van der Waals surface area contributed by atoms with Crippen molar-refractivity contribution in [2.24, 2.45) is 0 Å². The highest BCUT2D eigenvalue weighted by molar-refractivity contribution is 7.15. The van der Waals surface area contributed by atoms with Crippen molar-refractivity contribution in [1.82, 2.24) is 10.2 Å². The van der Waals surface area contributed by atoms with E-state index < -0.39 is 0 Å². The summed E-state index contributed by atoms with van der Waals surface area (Å²) in [6.45, 7) is 4.31. The predicted octanol–water partition coefficient (Wildman–Crippen LogP) is 2.93. The van der Waals surface area contributed by atoms with E-state index >= 15 is 0 Å². The van der Waals surface area contributed by atoms with E-state index in [1.54, 1.807) is 19.1 Å². The Labute approximate surface area is 104 Å². The van der Waals surface area contributed by atoms with Crippen LogP contribution < -0.4 is 4.90 Å². The Morgan fingerprint density at radius 3 is 2.65 bits per heavy atom. The molecule has 90 valence electrons. The van der Waals surface area contributed by atoms with Crippen molar-refractivity contribution in [1.29, 1.82) is 0 Å². The molecule has 0 unspecified atom stereocenters. The lowest BCUT2D eigenvalue weighted by Gasteiger charge is -2.15. The molecule has 0 radical (unpaired) electrons. The van der Waals surface area contributed by atoms with Crippen LogP contribution in [0.1, 0.15) is 16.1 Å². The second kappa shape index (κ2) is 4.79. The summed E-state index contributed by atoms with van der Waals surface area (Å²) < 4.78 is 13.4. The van der Waals surface area contributed by atoms with Crippen molar-refractivity contribution >= 4 is 16.5 Å². The molecule has 2 aromatic rings. The summed E-state index contributed by atoms with van der Waals surface area (Å²) in [5, 5.41) is 9.80. The SMILES string of the molecule is Cc1nnc(N(C)Cc2ccc(C)c(F)c2)s1. The highest BCUT2D eigenvalue weighted by atomic mass is 32.1. The van der Waals surface area contributed by atoms with Crippen molar-refractivity contribution in [3.63, 3.8) is 0 Å². The first-order chi connectivity index (χ1) is 8.06. The number of halogens is 1. The fraction of sp³-hybridized carbons (Fsp3) is 0.333. The Kier molecular flexibility index (Phi) is 3.38. The van der Waals surface area contributed by atoms with E-state index in [0.29, 0.717) is 12.1 Å². The van der Waals surface area contributed by atoms with Crippen molar-refractivity contribution in [3.05, 3.63) is 40.2 Å². The first-order valence-corrected chi connectivity index (χ1v) is 6.14. The minimum atomic E-state index is -0.163. The maximum Gasteiger partial charge on any atom is 0.208 e. The minimum Gasteiger partial charge on any atom is -0.345 e. The van der Waals surface area contributed by atoms with Gasteiger partial charge in [0.1, 0.15) is 10.8 Å². The number of benzene rings is 1. The zero-order chi connectivity index (χ0) is 12.4. The first kappa shape index (κ1) is 12.0. The second-order valence-corrected chi connectivity index (χ2v) is 5.20. The van der Waals surface area contributed by atoms with Gasteiger partial charge < -0.3 is 4.90 Å². The molecule has 1 aromatic carbocycles. The van der Waals surface area contributed by atoms with Crippen LogP contribution in [0.3, 0.4) is 0 Å². The van der Waals surface area contributed by atoms with Crippen LogP contribution in [0, 0.1) is 19.7 Å². The molecule has 0 bridgehead atoms. The van der Waals surface area contributed by atoms with Gasteiger partial charge in [-0.3, -0.25) is 0 Å². The van der Waals surface area contributed by atoms with Gasteiger partial charge in [0.15, 0.2) is 0 Å². The molecule has 0 N–H and O–H groups in total. The van der Waals surface area contributed by atoms with Gasteiger partial charge in [0.05, 0.1) is 0 Å². The fourth-order valence-electron chi connectivity index (χ4n) is 1.52. The predicted molar refractivity (Wildman–Crippen MR) is 67.9 cm³/mol. The summed E-state index contributed by atoms with van der Waals surface area (Å²) in [4.78, 5) is 1.97. The van der Waals surface area contributed by atoms with E-state index in [1.165, 1.54) is 11.3 Å². The summed E-state index contributed by atoms with van der Waals surface area (Å²) >= 11 is 1.53. The van der Waals surface area contributed by atoms with Gasteiger partial charge in [-0.05, 0) is 31.0 Å². The molecule has 1 heterocycles. The van der Waals surface area contributed by atoms with Crippen LogP contribution >= 0.6 is 11.3 Å². The van der Waals surface area contributed by atoms with Crippen LogP contribution in [0.5, 0.6) is 0 Å². The van der Waals surface area contributed by atoms with Gasteiger partial charge in [0.2, 0.25) is 5.13 Å². The molecule has 0 saturated heterocycles. The summed E-state index contributed by atoms with van der Waals surface area (Å²) in [6.07, 6.45) is 0. The zero-order valence-electron chi connectivity index (χ0n) is 10.1. The quantitative estimate of drug-likeness (QED) is 0.840. The van der Waals surface area contributed by atoms with Crippen LogP contribution in [0.25, 0.3) is 0 Å². The molecule has 1 aromatic heterocycles. The van der Waals surface area contributed by atoms with Crippen molar-refractivity contribution in [2.45, 2.75) is 20.4 Å². The molecule has 5 heteroatoms. The normalized spacial score (nSPS) is 10.6. The standard InChI is InChI=1S/C12H14FN3S/c1-8-4-5-10(6-11(8)13)7-16(3)12-15-14-9(2)17-12/h4-6H,7H2,1-3H3. The number of hydrogen-bond donors (Lipinski definition) is 0. The number of anilines is 1. The highest BCUT2D eigenvalue weighted by Gasteiger charge is 2.08. The molecular weight excluding hydrogens is 237 g/mol. The molecule has 2 rings (SSSR count). The Morgan fingerprint density at radius 1 is 1.29 bits per heavy atom. The number of aryl methyl sites for hydroxylation is 2. The van der Waals surface area contributed by atoms with Crippen molar-refractivity contribution in [2.75, 3.05) is 11.9 Å². The van der Waals surface area contributed by atoms with Gasteiger partial charge in [0, 0.05) is 13.6 Å². The minimum absolute atomic E-state index is 0.163. The molecule has 0 fully saturated rings. The molecular formula is C12H14FN3S. The van der Waals surface area contributed by atoms with Gasteiger partial charge >= 0.3 is 0 Å². The summed E-state index contributed by atoms with van der Waals surface area (Å²) in [6, 6.07) is 5.30. The Bertz CT molecular complexity index is 524. The lowest BCUT2D eigenvalue weighted by molar-refractivity contribution is 0.615. The third-order valence-corrected chi connectivity index (χ3v) is 3.45. The van der Waals surface area contributed by atoms with Crippen molar-refractivity contribution in [3.8, 4) is 0 Å². The zero-order valence-corrected chi connectivity index (χ0v) is 10.9. The molecule has 0 aliphatic carbocycles. The summed E-state index contributed by atoms with van der Waals surface area (Å²) in [5.74, 6) is -0.163. The third-order valence-electron chi connectivity index (χ3n) is 2.50. The van der Waals surface area contributed by atoms with Crippen molar-refractivity contribution < 1.29 is 4.39 Å². The van der Waals surface area contributed by atoms with E-state index in [4.69, 9.17) is 0 Å².